The number of hydrogen-bond donors (Lipinski definition) is 1. The van der Waals surface area contributed by atoms with Gasteiger partial charge >= 0.3 is 0 Å². The van der Waals surface area contributed by atoms with Gasteiger partial charge in [0.1, 0.15) is 0 Å². The molecular formula is C20H27Cl2N3O2. The van der Waals surface area contributed by atoms with Crippen molar-refractivity contribution in [2.24, 2.45) is 5.92 Å². The number of hydrogen-bond acceptors (Lipinski definition) is 3. The van der Waals surface area contributed by atoms with Crippen LogP contribution in [0.2, 0.25) is 10.0 Å². The highest BCUT2D eigenvalue weighted by Crippen LogP contribution is 2.29. The average molecular weight is 412 g/mol. The van der Waals surface area contributed by atoms with Crippen LogP contribution in [0.1, 0.15) is 38.5 Å². The summed E-state index contributed by atoms with van der Waals surface area (Å²) in [5, 5.41) is 3.59. The third-order valence-electron chi connectivity index (χ3n) is 5.45. The van der Waals surface area contributed by atoms with Crippen molar-refractivity contribution >= 4 is 40.7 Å². The molecule has 0 spiro atoms. The summed E-state index contributed by atoms with van der Waals surface area (Å²) < 4.78 is 0. The lowest BCUT2D eigenvalue weighted by molar-refractivity contribution is -0.137. The van der Waals surface area contributed by atoms with Crippen LogP contribution in [0.3, 0.4) is 0 Å². The highest BCUT2D eigenvalue weighted by atomic mass is 35.5. The second kappa shape index (κ2) is 9.76. The van der Waals surface area contributed by atoms with Gasteiger partial charge in [-0.3, -0.25) is 14.5 Å². The molecule has 1 N–H and O–H groups in total. The van der Waals surface area contributed by atoms with Crippen molar-refractivity contribution in [3.63, 3.8) is 0 Å². The zero-order valence-electron chi connectivity index (χ0n) is 15.6. The predicted octanol–water partition coefficient (Wildman–Crippen LogP) is 4.05. The van der Waals surface area contributed by atoms with Crippen molar-refractivity contribution in [1.29, 1.82) is 0 Å². The smallest absolute Gasteiger partial charge is 0.238 e. The van der Waals surface area contributed by atoms with Gasteiger partial charge in [0, 0.05) is 19.0 Å². The molecule has 0 atom stereocenters. The van der Waals surface area contributed by atoms with Gasteiger partial charge in [-0.1, -0.05) is 42.1 Å². The molecule has 0 radical (unpaired) electrons. The maximum atomic E-state index is 12.7. The van der Waals surface area contributed by atoms with Crippen molar-refractivity contribution in [1.82, 2.24) is 9.80 Å². The Bertz CT molecular complexity index is 667. The zero-order chi connectivity index (χ0) is 19.2. The summed E-state index contributed by atoms with van der Waals surface area (Å²) in [6, 6.07) is 5.17. The van der Waals surface area contributed by atoms with Gasteiger partial charge in [0.25, 0.3) is 0 Å². The molecule has 0 saturated carbocycles. The first-order valence-electron chi connectivity index (χ1n) is 9.79. The second-order valence-corrected chi connectivity index (χ2v) is 8.22. The standard InChI is InChI=1S/C20H27Cl2N3O2/c21-16-6-5-7-17(19(16)22)23-18(26)14-24-12-8-15(9-13-24)20(27)25-10-3-1-2-4-11-25/h5-7,15H,1-4,8-14H2,(H,23,26). The lowest BCUT2D eigenvalue weighted by Crippen LogP contribution is -2.44. The predicted molar refractivity (Wildman–Crippen MR) is 109 cm³/mol. The van der Waals surface area contributed by atoms with E-state index in [-0.39, 0.29) is 11.8 Å². The number of nitrogens with zero attached hydrogens (tertiary/aromatic N) is 2. The molecule has 27 heavy (non-hydrogen) atoms. The molecule has 0 aliphatic carbocycles. The maximum Gasteiger partial charge on any atom is 0.238 e. The van der Waals surface area contributed by atoms with Gasteiger partial charge in [-0.25, -0.2) is 0 Å². The Balaban J connectivity index is 1.45. The van der Waals surface area contributed by atoms with Gasteiger partial charge in [0.15, 0.2) is 0 Å². The minimum atomic E-state index is -0.114. The van der Waals surface area contributed by atoms with E-state index in [1.165, 1.54) is 12.8 Å². The fourth-order valence-corrected chi connectivity index (χ4v) is 4.23. The minimum absolute atomic E-state index is 0.102. The molecule has 0 aromatic heterocycles. The Kier molecular flexibility index (Phi) is 7.39. The topological polar surface area (TPSA) is 52.7 Å². The monoisotopic (exact) mass is 411 g/mol. The van der Waals surface area contributed by atoms with Gasteiger partial charge in [0.05, 0.1) is 22.3 Å². The van der Waals surface area contributed by atoms with Crippen LogP contribution < -0.4 is 5.32 Å². The zero-order valence-corrected chi connectivity index (χ0v) is 17.1. The molecule has 0 unspecified atom stereocenters. The summed E-state index contributed by atoms with van der Waals surface area (Å²) in [7, 11) is 0. The maximum absolute atomic E-state index is 12.7. The number of amides is 2. The number of piperidine rings is 1. The highest BCUT2D eigenvalue weighted by molar-refractivity contribution is 6.44. The largest absolute Gasteiger partial charge is 0.342 e. The molecule has 2 aliphatic heterocycles. The highest BCUT2D eigenvalue weighted by Gasteiger charge is 2.29. The van der Waals surface area contributed by atoms with Crippen molar-refractivity contribution < 1.29 is 9.59 Å². The van der Waals surface area contributed by atoms with Crippen LogP contribution in [-0.2, 0) is 9.59 Å². The van der Waals surface area contributed by atoms with Gasteiger partial charge in [-0.2, -0.15) is 0 Å². The van der Waals surface area contributed by atoms with Crippen LogP contribution in [0.5, 0.6) is 0 Å². The number of carbonyl (C=O) groups is 2. The molecule has 2 heterocycles. The first-order chi connectivity index (χ1) is 13.0. The van der Waals surface area contributed by atoms with E-state index < -0.39 is 0 Å². The van der Waals surface area contributed by atoms with Crippen molar-refractivity contribution in [2.75, 3.05) is 38.0 Å². The third-order valence-corrected chi connectivity index (χ3v) is 6.27. The normalized spacial score (nSPS) is 19.6. The number of benzene rings is 1. The summed E-state index contributed by atoms with van der Waals surface area (Å²) in [4.78, 5) is 29.2. The number of nitrogens with one attached hydrogen (secondary N) is 1. The van der Waals surface area contributed by atoms with Gasteiger partial charge in [-0.05, 0) is 50.9 Å². The van der Waals surface area contributed by atoms with E-state index in [9.17, 15) is 9.59 Å². The fraction of sp³-hybridized carbons (Fsp3) is 0.600. The number of rotatable bonds is 4. The van der Waals surface area contributed by atoms with E-state index in [4.69, 9.17) is 23.2 Å². The molecule has 0 bridgehead atoms. The Morgan fingerprint density at radius 3 is 2.33 bits per heavy atom. The van der Waals surface area contributed by atoms with Crippen molar-refractivity contribution in [2.45, 2.75) is 38.5 Å². The molecule has 2 amide bonds. The number of carbonyl (C=O) groups excluding carboxylic acids is 2. The number of anilines is 1. The van der Waals surface area contributed by atoms with Gasteiger partial charge < -0.3 is 10.2 Å². The molecule has 2 saturated heterocycles. The van der Waals surface area contributed by atoms with Crippen LogP contribution in [0, 0.1) is 5.92 Å². The van der Waals surface area contributed by atoms with Gasteiger partial charge in [-0.15, -0.1) is 0 Å². The molecule has 2 fully saturated rings. The molecule has 5 nitrogen and oxygen atoms in total. The van der Waals surface area contributed by atoms with E-state index in [1.54, 1.807) is 18.2 Å². The summed E-state index contributed by atoms with van der Waals surface area (Å²) in [6.07, 6.45) is 6.34. The van der Waals surface area contributed by atoms with Crippen LogP contribution in [0.15, 0.2) is 18.2 Å². The lowest BCUT2D eigenvalue weighted by Gasteiger charge is -2.33. The third kappa shape index (κ3) is 5.59. The van der Waals surface area contributed by atoms with E-state index in [0.29, 0.717) is 28.2 Å². The summed E-state index contributed by atoms with van der Waals surface area (Å²) in [5.74, 6) is 0.299. The van der Waals surface area contributed by atoms with E-state index in [0.717, 1.165) is 51.9 Å². The summed E-state index contributed by atoms with van der Waals surface area (Å²) >= 11 is 12.1. The SMILES string of the molecule is O=C(CN1CCC(C(=O)N2CCCCCC2)CC1)Nc1cccc(Cl)c1Cl. The first kappa shape index (κ1) is 20.4. The van der Waals surface area contributed by atoms with Crippen LogP contribution in [0.4, 0.5) is 5.69 Å². The van der Waals surface area contributed by atoms with Crippen molar-refractivity contribution in [3.05, 3.63) is 28.2 Å². The first-order valence-corrected chi connectivity index (χ1v) is 10.5. The fourth-order valence-electron chi connectivity index (χ4n) is 3.88. The van der Waals surface area contributed by atoms with Crippen LogP contribution in [0.25, 0.3) is 0 Å². The Morgan fingerprint density at radius 1 is 1.00 bits per heavy atom. The molecule has 1 aromatic rings. The van der Waals surface area contributed by atoms with Crippen LogP contribution in [-0.4, -0.2) is 54.3 Å². The van der Waals surface area contributed by atoms with Gasteiger partial charge in [0.2, 0.25) is 11.8 Å². The second-order valence-electron chi connectivity index (χ2n) is 7.44. The molecule has 1 aromatic carbocycles. The molecule has 7 heteroatoms. The van der Waals surface area contributed by atoms with E-state index in [1.807, 2.05) is 0 Å². The lowest BCUT2D eigenvalue weighted by atomic mass is 9.95. The minimum Gasteiger partial charge on any atom is -0.342 e. The summed E-state index contributed by atoms with van der Waals surface area (Å²) in [6.45, 7) is 3.64. The van der Waals surface area contributed by atoms with Crippen molar-refractivity contribution in [3.8, 4) is 0 Å². The Labute approximate surface area is 171 Å². The molecular weight excluding hydrogens is 385 g/mol. The van der Waals surface area contributed by atoms with E-state index >= 15 is 0 Å². The Morgan fingerprint density at radius 2 is 1.67 bits per heavy atom. The molecule has 2 aliphatic rings. The number of likely N-dealkylation sites (tertiary alicyclic amines) is 2. The molecule has 3 rings (SSSR count). The van der Waals surface area contributed by atoms with E-state index in [2.05, 4.69) is 15.1 Å². The number of halogens is 2. The summed E-state index contributed by atoms with van der Waals surface area (Å²) in [5.41, 5.74) is 0.528. The van der Waals surface area contributed by atoms with Crippen LogP contribution >= 0.6 is 23.2 Å². The molecule has 148 valence electrons. The average Bonchev–Trinajstić information content (AvgIpc) is 2.95. The quantitative estimate of drug-likeness (QED) is 0.812. The Hall–Kier alpha value is -1.30.